The maximum atomic E-state index is 10.4. The molecule has 0 amide bonds. The van der Waals surface area contributed by atoms with Gasteiger partial charge in [-0.25, -0.2) is 0 Å². The SMILES string of the molecule is Nc1c([NH3+])[nH][nH]c1=O. The van der Waals surface area contributed by atoms with E-state index in [2.05, 4.69) is 15.9 Å². The lowest BCUT2D eigenvalue weighted by molar-refractivity contribution is -0.259. The van der Waals surface area contributed by atoms with Crippen molar-refractivity contribution in [3.63, 3.8) is 0 Å². The van der Waals surface area contributed by atoms with E-state index in [9.17, 15) is 4.79 Å². The summed E-state index contributed by atoms with van der Waals surface area (Å²) in [6.45, 7) is 0. The number of nitrogens with two attached hydrogens (primary N) is 1. The number of hydrogen-bond donors (Lipinski definition) is 4. The van der Waals surface area contributed by atoms with Crippen LogP contribution in [0.4, 0.5) is 11.5 Å². The first-order valence-electron chi connectivity index (χ1n) is 2.10. The number of aromatic nitrogens is 2. The van der Waals surface area contributed by atoms with Gasteiger partial charge in [-0.05, 0) is 0 Å². The molecule has 44 valence electrons. The first-order chi connectivity index (χ1) is 3.72. The summed E-state index contributed by atoms with van der Waals surface area (Å²) in [6.07, 6.45) is 0. The van der Waals surface area contributed by atoms with Crippen LogP contribution in [0.2, 0.25) is 0 Å². The van der Waals surface area contributed by atoms with Gasteiger partial charge in [-0.1, -0.05) is 0 Å². The monoisotopic (exact) mass is 115 g/mol. The van der Waals surface area contributed by atoms with Gasteiger partial charge < -0.3 is 11.5 Å². The fraction of sp³-hybridized carbons (Fsp3) is 0. The van der Waals surface area contributed by atoms with Crippen molar-refractivity contribution in [2.75, 3.05) is 5.73 Å². The van der Waals surface area contributed by atoms with Crippen LogP contribution in [0.1, 0.15) is 0 Å². The highest BCUT2D eigenvalue weighted by Gasteiger charge is 2.01. The van der Waals surface area contributed by atoms with Gasteiger partial charge in [-0.15, -0.1) is 0 Å². The van der Waals surface area contributed by atoms with Gasteiger partial charge in [0.1, 0.15) is 0 Å². The quantitative estimate of drug-likeness (QED) is 0.319. The van der Waals surface area contributed by atoms with Crippen molar-refractivity contribution in [1.29, 1.82) is 0 Å². The molecule has 1 heterocycles. The summed E-state index contributed by atoms with van der Waals surface area (Å²) in [5.41, 5.74) is 8.44. The zero-order chi connectivity index (χ0) is 6.15. The molecule has 0 aliphatic heterocycles. The van der Waals surface area contributed by atoms with E-state index in [1.54, 1.807) is 0 Å². The minimum absolute atomic E-state index is 0.157. The number of H-pyrrole nitrogens is 2. The Balaban J connectivity index is 3.41. The smallest absolute Gasteiger partial charge is 0.293 e. The van der Waals surface area contributed by atoms with Crippen molar-refractivity contribution in [1.82, 2.24) is 10.2 Å². The fourth-order valence-electron chi connectivity index (χ4n) is 0.404. The summed E-state index contributed by atoms with van der Waals surface area (Å²) in [5.74, 6) is 0.440. The lowest BCUT2D eigenvalue weighted by Gasteiger charge is -1.74. The Bertz CT molecular complexity index is 234. The molecule has 8 heavy (non-hydrogen) atoms. The Morgan fingerprint density at radius 2 is 2.12 bits per heavy atom. The average molecular weight is 115 g/mol. The molecule has 5 heteroatoms. The van der Waals surface area contributed by atoms with Gasteiger partial charge in [0, 0.05) is 0 Å². The molecule has 0 aromatic carbocycles. The van der Waals surface area contributed by atoms with Crippen LogP contribution >= 0.6 is 0 Å². The van der Waals surface area contributed by atoms with Gasteiger partial charge in [0.25, 0.3) is 5.56 Å². The highest BCUT2D eigenvalue weighted by molar-refractivity contribution is 5.49. The van der Waals surface area contributed by atoms with E-state index in [1.807, 2.05) is 0 Å². The summed E-state index contributed by atoms with van der Waals surface area (Å²) in [6, 6.07) is 0. The van der Waals surface area contributed by atoms with Crippen LogP contribution in [0.3, 0.4) is 0 Å². The lowest BCUT2D eigenvalue weighted by Crippen LogP contribution is -2.41. The summed E-state index contributed by atoms with van der Waals surface area (Å²) < 4.78 is 0. The highest BCUT2D eigenvalue weighted by atomic mass is 16.1. The molecule has 0 aliphatic carbocycles. The largest absolute Gasteiger partial charge is 0.388 e. The highest BCUT2D eigenvalue weighted by Crippen LogP contribution is 1.95. The normalized spacial score (nSPS) is 9.62. The molecule has 1 rings (SSSR count). The molecule has 0 saturated carbocycles. The average Bonchev–Trinajstić information content (AvgIpc) is 1.98. The molecule has 0 spiro atoms. The Morgan fingerprint density at radius 3 is 2.25 bits per heavy atom. The molecule has 0 radical (unpaired) electrons. The Hall–Kier alpha value is -1.23. The van der Waals surface area contributed by atoms with E-state index < -0.39 is 0 Å². The molecule has 0 aliphatic rings. The molecule has 1 aromatic rings. The second-order valence-electron chi connectivity index (χ2n) is 1.47. The first kappa shape index (κ1) is 4.92. The van der Waals surface area contributed by atoms with Gasteiger partial charge >= 0.3 is 0 Å². The van der Waals surface area contributed by atoms with Crippen LogP contribution in [0.5, 0.6) is 0 Å². The Labute approximate surface area is 44.7 Å². The fourth-order valence-corrected chi connectivity index (χ4v) is 0.404. The maximum absolute atomic E-state index is 10.4. The number of anilines is 1. The second kappa shape index (κ2) is 1.38. The molecular weight excluding hydrogens is 108 g/mol. The van der Waals surface area contributed by atoms with Crippen LogP contribution < -0.4 is 17.0 Å². The van der Waals surface area contributed by atoms with Gasteiger partial charge in [-0.2, -0.15) is 0 Å². The zero-order valence-corrected chi connectivity index (χ0v) is 4.19. The third kappa shape index (κ3) is 0.489. The van der Waals surface area contributed by atoms with Crippen LogP contribution in [0.25, 0.3) is 0 Å². The molecule has 0 unspecified atom stereocenters. The van der Waals surface area contributed by atoms with Crippen molar-refractivity contribution in [2.45, 2.75) is 0 Å². The molecule has 5 nitrogen and oxygen atoms in total. The molecule has 1 aromatic heterocycles. The van der Waals surface area contributed by atoms with Gasteiger partial charge in [0.2, 0.25) is 5.82 Å². The van der Waals surface area contributed by atoms with E-state index in [1.165, 1.54) is 0 Å². The molecule has 0 atom stereocenters. The number of nitrogens with one attached hydrogen (secondary N) is 2. The zero-order valence-electron chi connectivity index (χ0n) is 4.19. The van der Waals surface area contributed by atoms with E-state index in [4.69, 9.17) is 5.73 Å². The summed E-state index contributed by atoms with van der Waals surface area (Å²) in [7, 11) is 0. The third-order valence-electron chi connectivity index (χ3n) is 0.897. The third-order valence-corrected chi connectivity index (χ3v) is 0.897. The maximum Gasteiger partial charge on any atom is 0.293 e. The molecule has 0 saturated heterocycles. The number of aromatic amines is 2. The molecule has 7 N–H and O–H groups in total. The minimum atomic E-state index is -0.310. The summed E-state index contributed by atoms with van der Waals surface area (Å²) in [4.78, 5) is 10.4. The van der Waals surface area contributed by atoms with Gasteiger partial charge in [0.05, 0.1) is 0 Å². The number of nitrogen functional groups attached to an aromatic ring is 1. The van der Waals surface area contributed by atoms with Crippen molar-refractivity contribution in [3.8, 4) is 0 Å². The predicted octanol–water partition coefficient (Wildman–Crippen LogP) is -1.84. The van der Waals surface area contributed by atoms with Crippen molar-refractivity contribution >= 4 is 11.5 Å². The number of rotatable bonds is 0. The second-order valence-corrected chi connectivity index (χ2v) is 1.47. The van der Waals surface area contributed by atoms with Gasteiger partial charge in [-0.3, -0.25) is 15.0 Å². The van der Waals surface area contributed by atoms with E-state index in [0.29, 0.717) is 5.82 Å². The van der Waals surface area contributed by atoms with Crippen LogP contribution in [0.15, 0.2) is 4.79 Å². The minimum Gasteiger partial charge on any atom is -0.388 e. The van der Waals surface area contributed by atoms with Gasteiger partial charge in [0.15, 0.2) is 5.69 Å². The van der Waals surface area contributed by atoms with Crippen molar-refractivity contribution in [3.05, 3.63) is 10.4 Å². The standard InChI is InChI=1S/C3H6N4O/c4-1-2(5)6-7-3(1)8/h4H2,(H4,5,6,7,8)/p+1. The predicted molar refractivity (Wildman–Crippen MR) is 28.4 cm³/mol. The Morgan fingerprint density at radius 1 is 1.50 bits per heavy atom. The molecule has 0 fully saturated rings. The van der Waals surface area contributed by atoms with E-state index in [0.717, 1.165) is 0 Å². The van der Waals surface area contributed by atoms with Crippen LogP contribution in [-0.4, -0.2) is 10.2 Å². The van der Waals surface area contributed by atoms with Crippen molar-refractivity contribution in [2.24, 2.45) is 0 Å². The van der Waals surface area contributed by atoms with Crippen LogP contribution in [0, 0.1) is 0 Å². The lowest BCUT2D eigenvalue weighted by atomic mass is 10.5. The first-order valence-corrected chi connectivity index (χ1v) is 2.10. The molecule has 0 bridgehead atoms. The Kier molecular flexibility index (Phi) is 0.845. The molecular formula is C3H7N4O+. The number of quaternary nitrogens is 1. The topological polar surface area (TPSA) is 102 Å². The van der Waals surface area contributed by atoms with E-state index in [-0.39, 0.29) is 11.2 Å². The number of hydrogen-bond acceptors (Lipinski definition) is 2. The van der Waals surface area contributed by atoms with Crippen LogP contribution in [-0.2, 0) is 0 Å². The summed E-state index contributed by atoms with van der Waals surface area (Å²) in [5, 5.41) is 4.73. The summed E-state index contributed by atoms with van der Waals surface area (Å²) >= 11 is 0. The van der Waals surface area contributed by atoms with Crippen molar-refractivity contribution < 1.29 is 5.73 Å². The van der Waals surface area contributed by atoms with E-state index >= 15 is 0 Å².